The predicted octanol–water partition coefficient (Wildman–Crippen LogP) is 5.97. The number of fused-ring (bicyclic) bond motifs is 1. The van der Waals surface area contributed by atoms with Crippen LogP contribution >= 0.6 is 0 Å². The Kier molecular flexibility index (Phi) is 8.48. The molecule has 0 saturated carbocycles. The summed E-state index contributed by atoms with van der Waals surface area (Å²) in [5.74, 6) is -0.300. The highest BCUT2D eigenvalue weighted by molar-refractivity contribution is 5.90. The molecule has 0 fully saturated rings. The molecule has 1 aliphatic carbocycles. The average Bonchev–Trinajstić information content (AvgIpc) is 3.27. The van der Waals surface area contributed by atoms with Gasteiger partial charge in [-0.15, -0.1) is 0 Å². The Morgan fingerprint density at radius 2 is 1.70 bits per heavy atom. The van der Waals surface area contributed by atoms with E-state index in [1.807, 2.05) is 50.2 Å². The van der Waals surface area contributed by atoms with Crippen LogP contribution in [0.2, 0.25) is 0 Å². The molecule has 196 valence electrons. The van der Waals surface area contributed by atoms with E-state index in [0.29, 0.717) is 18.0 Å². The van der Waals surface area contributed by atoms with Gasteiger partial charge in [0.05, 0.1) is 24.4 Å². The van der Waals surface area contributed by atoms with Crippen molar-refractivity contribution in [2.75, 3.05) is 13.2 Å². The summed E-state index contributed by atoms with van der Waals surface area (Å²) in [6.45, 7) is 8.91. The number of nitrogens with one attached hydrogen (secondary N) is 1. The highest BCUT2D eigenvalue weighted by Gasteiger charge is 2.28. The standard InChI is InChI=1S/C32H39NO4/c1-21-15-26(13-14-28(21)31(35)36)30-12-8-7-11-29(30)22(2)37-20-27(34)19-33-32(3,4)18-23-16-24-9-5-6-10-25(24)17-23/h5-15,22-23,27,33-34H,16-20H2,1-4H3,(H,35,36)/t22-,27-/m1/s1. The number of hydrogen-bond acceptors (Lipinski definition) is 4. The summed E-state index contributed by atoms with van der Waals surface area (Å²) in [5.41, 5.74) is 6.85. The summed E-state index contributed by atoms with van der Waals surface area (Å²) < 4.78 is 6.10. The third kappa shape index (κ3) is 6.86. The van der Waals surface area contributed by atoms with Gasteiger partial charge in [-0.25, -0.2) is 4.79 Å². The number of β-amino-alcohol motifs (C(OH)–C–C–N with tert-alkyl or cyclic N) is 1. The van der Waals surface area contributed by atoms with Crippen LogP contribution in [-0.4, -0.2) is 41.0 Å². The molecular formula is C32H39NO4. The van der Waals surface area contributed by atoms with Crippen molar-refractivity contribution in [3.05, 3.63) is 94.5 Å². The quantitative estimate of drug-likeness (QED) is 0.302. The highest BCUT2D eigenvalue weighted by Crippen LogP contribution is 2.33. The molecular weight excluding hydrogens is 462 g/mol. The third-order valence-corrected chi connectivity index (χ3v) is 7.46. The Balaban J connectivity index is 1.30. The van der Waals surface area contributed by atoms with E-state index in [1.54, 1.807) is 6.07 Å². The topological polar surface area (TPSA) is 78.8 Å². The Morgan fingerprint density at radius 1 is 1.05 bits per heavy atom. The van der Waals surface area contributed by atoms with Crippen LogP contribution in [0, 0.1) is 12.8 Å². The second-order valence-electron chi connectivity index (χ2n) is 11.1. The summed E-state index contributed by atoms with van der Waals surface area (Å²) in [7, 11) is 0. The smallest absolute Gasteiger partial charge is 0.335 e. The molecule has 3 aromatic rings. The van der Waals surface area contributed by atoms with E-state index in [2.05, 4.69) is 43.4 Å². The second kappa shape index (κ2) is 11.6. The fraction of sp³-hybridized carbons (Fsp3) is 0.406. The van der Waals surface area contributed by atoms with Crippen molar-refractivity contribution in [2.24, 2.45) is 5.92 Å². The zero-order chi connectivity index (χ0) is 26.6. The van der Waals surface area contributed by atoms with Crippen molar-refractivity contribution in [1.29, 1.82) is 0 Å². The molecule has 37 heavy (non-hydrogen) atoms. The second-order valence-corrected chi connectivity index (χ2v) is 11.1. The first-order chi connectivity index (χ1) is 17.6. The Labute approximate surface area is 220 Å². The number of benzene rings is 3. The van der Waals surface area contributed by atoms with Crippen molar-refractivity contribution in [2.45, 2.75) is 64.7 Å². The van der Waals surface area contributed by atoms with E-state index in [4.69, 9.17) is 4.74 Å². The van der Waals surface area contributed by atoms with Crippen molar-refractivity contribution >= 4 is 5.97 Å². The zero-order valence-electron chi connectivity index (χ0n) is 22.3. The molecule has 2 atom stereocenters. The lowest BCUT2D eigenvalue weighted by Gasteiger charge is -2.31. The molecule has 0 unspecified atom stereocenters. The summed E-state index contributed by atoms with van der Waals surface area (Å²) in [4.78, 5) is 11.4. The van der Waals surface area contributed by atoms with Gasteiger partial charge < -0.3 is 20.3 Å². The monoisotopic (exact) mass is 501 g/mol. The van der Waals surface area contributed by atoms with E-state index in [1.165, 1.54) is 11.1 Å². The predicted molar refractivity (Wildman–Crippen MR) is 148 cm³/mol. The van der Waals surface area contributed by atoms with Crippen LogP contribution in [0.4, 0.5) is 0 Å². The van der Waals surface area contributed by atoms with Gasteiger partial charge in [-0.2, -0.15) is 0 Å². The lowest BCUT2D eigenvalue weighted by Crippen LogP contribution is -2.45. The number of aryl methyl sites for hydroxylation is 1. The number of carboxylic acid groups (broad SMARTS) is 1. The van der Waals surface area contributed by atoms with Gasteiger partial charge in [0.1, 0.15) is 0 Å². The molecule has 0 radical (unpaired) electrons. The number of hydrogen-bond donors (Lipinski definition) is 3. The van der Waals surface area contributed by atoms with Gasteiger partial charge in [0.15, 0.2) is 0 Å². The SMILES string of the molecule is Cc1cc(-c2ccccc2[C@@H](C)OC[C@H](O)CNC(C)(C)CC2Cc3ccccc3C2)ccc1C(=O)O. The van der Waals surface area contributed by atoms with Crippen LogP contribution in [0.5, 0.6) is 0 Å². The van der Waals surface area contributed by atoms with Gasteiger partial charge in [0.25, 0.3) is 0 Å². The van der Waals surface area contributed by atoms with Gasteiger partial charge in [-0.3, -0.25) is 0 Å². The molecule has 0 spiro atoms. The molecule has 3 aromatic carbocycles. The number of carbonyl (C=O) groups is 1. The van der Waals surface area contributed by atoms with E-state index in [-0.39, 0.29) is 18.2 Å². The number of aliphatic hydroxyl groups excluding tert-OH is 1. The number of ether oxygens (including phenoxy) is 1. The van der Waals surface area contributed by atoms with Crippen molar-refractivity contribution < 1.29 is 19.7 Å². The summed E-state index contributed by atoms with van der Waals surface area (Å²) in [5, 5.41) is 23.6. The maximum absolute atomic E-state index is 11.4. The number of aliphatic hydroxyl groups is 1. The molecule has 0 bridgehead atoms. The van der Waals surface area contributed by atoms with Crippen molar-refractivity contribution in [1.82, 2.24) is 5.32 Å². The number of carboxylic acids is 1. The highest BCUT2D eigenvalue weighted by atomic mass is 16.5. The van der Waals surface area contributed by atoms with E-state index >= 15 is 0 Å². The molecule has 1 aliphatic rings. The number of aromatic carboxylic acids is 1. The molecule has 5 heteroatoms. The Hall–Kier alpha value is -2.99. The van der Waals surface area contributed by atoms with Crippen LogP contribution in [0.15, 0.2) is 66.7 Å². The molecule has 5 nitrogen and oxygen atoms in total. The first-order valence-corrected chi connectivity index (χ1v) is 13.2. The molecule has 3 N–H and O–H groups in total. The minimum absolute atomic E-state index is 0.0775. The minimum Gasteiger partial charge on any atom is -0.478 e. The van der Waals surface area contributed by atoms with E-state index in [9.17, 15) is 15.0 Å². The third-order valence-electron chi connectivity index (χ3n) is 7.46. The fourth-order valence-corrected chi connectivity index (χ4v) is 5.57. The zero-order valence-corrected chi connectivity index (χ0v) is 22.3. The maximum atomic E-state index is 11.4. The van der Waals surface area contributed by atoms with Gasteiger partial charge in [-0.05, 0) is 92.3 Å². The Bertz CT molecular complexity index is 1210. The largest absolute Gasteiger partial charge is 0.478 e. The van der Waals surface area contributed by atoms with Crippen LogP contribution in [0.1, 0.15) is 65.9 Å². The average molecular weight is 502 g/mol. The van der Waals surface area contributed by atoms with Gasteiger partial charge in [0.2, 0.25) is 0 Å². The summed E-state index contributed by atoms with van der Waals surface area (Å²) in [6, 6.07) is 22.1. The van der Waals surface area contributed by atoms with E-state index in [0.717, 1.165) is 41.5 Å². The molecule has 0 saturated heterocycles. The van der Waals surface area contributed by atoms with Gasteiger partial charge >= 0.3 is 5.97 Å². The normalized spacial score (nSPS) is 15.4. The summed E-state index contributed by atoms with van der Waals surface area (Å²) >= 11 is 0. The van der Waals surface area contributed by atoms with Crippen LogP contribution < -0.4 is 5.32 Å². The molecule has 0 aliphatic heterocycles. The lowest BCUT2D eigenvalue weighted by molar-refractivity contribution is -0.00440. The van der Waals surface area contributed by atoms with E-state index < -0.39 is 12.1 Å². The minimum atomic E-state index is -0.923. The van der Waals surface area contributed by atoms with Crippen molar-refractivity contribution in [3.8, 4) is 11.1 Å². The van der Waals surface area contributed by atoms with Gasteiger partial charge in [-0.1, -0.05) is 60.7 Å². The molecule has 0 amide bonds. The molecule has 4 rings (SSSR count). The Morgan fingerprint density at radius 3 is 2.35 bits per heavy atom. The van der Waals surface area contributed by atoms with Crippen molar-refractivity contribution in [3.63, 3.8) is 0 Å². The fourth-order valence-electron chi connectivity index (χ4n) is 5.57. The lowest BCUT2D eigenvalue weighted by atomic mass is 9.88. The molecule has 0 heterocycles. The van der Waals surface area contributed by atoms with Crippen LogP contribution in [0.3, 0.4) is 0 Å². The maximum Gasteiger partial charge on any atom is 0.335 e. The first-order valence-electron chi connectivity index (χ1n) is 13.2. The van der Waals surface area contributed by atoms with Crippen LogP contribution in [-0.2, 0) is 17.6 Å². The first kappa shape index (κ1) is 27.1. The molecule has 0 aromatic heterocycles. The van der Waals surface area contributed by atoms with Crippen LogP contribution in [0.25, 0.3) is 11.1 Å². The van der Waals surface area contributed by atoms with Gasteiger partial charge in [0, 0.05) is 12.1 Å². The number of rotatable bonds is 11. The summed E-state index contributed by atoms with van der Waals surface area (Å²) in [6.07, 6.45) is 2.46.